The first-order valence-electron chi connectivity index (χ1n) is 14.8. The first-order valence-corrected chi connectivity index (χ1v) is 15.1. The molecule has 0 saturated carbocycles. The summed E-state index contributed by atoms with van der Waals surface area (Å²) in [7, 11) is 0. The molecule has 3 atom stereocenters. The highest BCUT2D eigenvalue weighted by Gasteiger charge is 2.61. The molecule has 9 rings (SSSR count). The van der Waals surface area contributed by atoms with Gasteiger partial charge in [0.2, 0.25) is 17.7 Å². The molecule has 4 aromatic rings. The number of imide groups is 1. The lowest BCUT2D eigenvalue weighted by Gasteiger charge is -2.45. The molecule has 0 aromatic heterocycles. The number of nitrogens with zero attached hydrogens (tertiary/aromatic N) is 2. The molecule has 2 bridgehead atoms. The first-order chi connectivity index (χ1) is 21.3. The van der Waals surface area contributed by atoms with Crippen LogP contribution in [-0.4, -0.2) is 30.2 Å². The lowest BCUT2D eigenvalue weighted by Crippen LogP contribution is -2.41. The van der Waals surface area contributed by atoms with E-state index in [-0.39, 0.29) is 42.5 Å². The number of carbonyl (C=O) groups is 4. The fourth-order valence-electron chi connectivity index (χ4n) is 7.82. The maximum Gasteiger partial charge on any atom is 0.316 e. The van der Waals surface area contributed by atoms with Gasteiger partial charge in [0.05, 0.1) is 23.4 Å². The number of benzene rings is 4. The van der Waals surface area contributed by atoms with Crippen molar-refractivity contribution in [2.24, 2.45) is 17.8 Å². The second kappa shape index (κ2) is 9.89. The summed E-state index contributed by atoms with van der Waals surface area (Å²) in [5.41, 5.74) is 6.26. The Balaban J connectivity index is 1.05. The Kier molecular flexibility index (Phi) is 6.04. The summed E-state index contributed by atoms with van der Waals surface area (Å²) in [6.07, 6.45) is 0.0368. The molecule has 7 nitrogen and oxygen atoms in total. The van der Waals surface area contributed by atoms with E-state index in [0.717, 1.165) is 22.3 Å². The number of aryl methyl sites for hydroxylation is 1. The topological polar surface area (TPSA) is 84.0 Å². The largest absolute Gasteiger partial charge is 0.426 e. The maximum atomic E-state index is 14.1. The van der Waals surface area contributed by atoms with Crippen LogP contribution in [0.3, 0.4) is 0 Å². The van der Waals surface area contributed by atoms with Gasteiger partial charge in [-0.25, -0.2) is 4.90 Å². The summed E-state index contributed by atoms with van der Waals surface area (Å²) >= 11 is 6.09. The van der Waals surface area contributed by atoms with Gasteiger partial charge in [0.1, 0.15) is 5.75 Å². The van der Waals surface area contributed by atoms with Gasteiger partial charge < -0.3 is 9.64 Å². The minimum Gasteiger partial charge on any atom is -0.426 e. The Morgan fingerprint density at radius 1 is 0.773 bits per heavy atom. The highest BCUT2D eigenvalue weighted by atomic mass is 35.5. The van der Waals surface area contributed by atoms with Crippen molar-refractivity contribution in [1.82, 2.24) is 0 Å². The van der Waals surface area contributed by atoms with E-state index >= 15 is 0 Å². The Bertz CT molecular complexity index is 1800. The van der Waals surface area contributed by atoms with Gasteiger partial charge in [0.15, 0.2) is 0 Å². The second-order valence-corrected chi connectivity index (χ2v) is 12.5. The normalized spacial score (nSPS) is 24.8. The number of ether oxygens (including phenoxy) is 1. The average molecular weight is 603 g/mol. The molecule has 5 aliphatic rings. The summed E-state index contributed by atoms with van der Waals surface area (Å²) in [4.78, 5) is 56.9. The van der Waals surface area contributed by atoms with Crippen LogP contribution >= 0.6 is 11.6 Å². The fraction of sp³-hybridized carbons (Fsp3) is 0.222. The van der Waals surface area contributed by atoms with Gasteiger partial charge in [-0.15, -0.1) is 0 Å². The zero-order valence-electron chi connectivity index (χ0n) is 23.8. The summed E-state index contributed by atoms with van der Waals surface area (Å²) in [6.45, 7) is 2.00. The van der Waals surface area contributed by atoms with E-state index in [4.69, 9.17) is 16.3 Å². The zero-order chi connectivity index (χ0) is 30.3. The molecule has 0 unspecified atom stereocenters. The molecule has 44 heavy (non-hydrogen) atoms. The minimum absolute atomic E-state index is 0.0368. The van der Waals surface area contributed by atoms with E-state index < -0.39 is 23.7 Å². The Hall–Kier alpha value is -4.75. The molecule has 4 aromatic carbocycles. The molecule has 2 fully saturated rings. The third kappa shape index (κ3) is 3.88. The quantitative estimate of drug-likeness (QED) is 0.162. The van der Waals surface area contributed by atoms with Crippen LogP contribution in [0.15, 0.2) is 91.0 Å². The van der Waals surface area contributed by atoms with E-state index in [1.165, 1.54) is 4.90 Å². The molecule has 3 amide bonds. The molecule has 0 spiro atoms. The summed E-state index contributed by atoms with van der Waals surface area (Å²) in [6, 6.07) is 28.2. The SMILES string of the molecule is Cc1cc(OC(=O)[C@@H]2CC(=O)N(c3cccc(Cl)c3)C2)ccc1N1C(=O)[C@@H]2C3c4ccccc4C(c4ccccc43)[C@@H]2C1=O. The Labute approximate surface area is 259 Å². The number of hydrogen-bond acceptors (Lipinski definition) is 5. The van der Waals surface area contributed by atoms with E-state index in [2.05, 4.69) is 24.3 Å². The number of carbonyl (C=O) groups excluding carboxylic acids is 4. The van der Waals surface area contributed by atoms with Gasteiger partial charge in [0.25, 0.3) is 0 Å². The van der Waals surface area contributed by atoms with Crippen LogP contribution in [0.1, 0.15) is 46.1 Å². The molecule has 2 aliphatic heterocycles. The Morgan fingerprint density at radius 2 is 1.36 bits per heavy atom. The van der Waals surface area contributed by atoms with Gasteiger partial charge in [-0.05, 0) is 71.1 Å². The molecule has 2 saturated heterocycles. The second-order valence-electron chi connectivity index (χ2n) is 12.0. The number of esters is 1. The van der Waals surface area contributed by atoms with Crippen LogP contribution in [-0.2, 0) is 19.2 Å². The standard InChI is InChI=1S/C36H27ClN2O5/c1-19-15-23(44-36(43)20-16-29(40)38(18-20)22-8-6-7-21(37)17-22)13-14-28(19)39-34(41)32-30-24-9-2-3-10-25(24)31(33(32)35(39)42)27-12-5-4-11-26(27)30/h2-15,17,20,30-33H,16,18H2,1H3/t20-,30?,31?,32-,33+/m1/s1. The third-order valence-corrected chi connectivity index (χ3v) is 9.89. The van der Waals surface area contributed by atoms with Crippen LogP contribution in [0.4, 0.5) is 11.4 Å². The molecular weight excluding hydrogens is 576 g/mol. The van der Waals surface area contributed by atoms with Crippen molar-refractivity contribution >= 4 is 46.7 Å². The molecule has 0 N–H and O–H groups in total. The number of halogens is 1. The minimum atomic E-state index is -0.634. The van der Waals surface area contributed by atoms with Gasteiger partial charge in [0, 0.05) is 35.5 Å². The van der Waals surface area contributed by atoms with Crippen LogP contribution in [0.2, 0.25) is 5.02 Å². The fourth-order valence-corrected chi connectivity index (χ4v) is 8.00. The van der Waals surface area contributed by atoms with Crippen LogP contribution in [0.25, 0.3) is 0 Å². The lowest BCUT2D eigenvalue weighted by molar-refractivity contribution is -0.139. The Morgan fingerprint density at radius 3 is 1.91 bits per heavy atom. The number of hydrogen-bond donors (Lipinski definition) is 0. The molecule has 8 heteroatoms. The van der Waals surface area contributed by atoms with Gasteiger partial charge in [-0.1, -0.05) is 66.2 Å². The van der Waals surface area contributed by atoms with Crippen molar-refractivity contribution in [2.75, 3.05) is 16.3 Å². The summed E-state index contributed by atoms with van der Waals surface area (Å²) < 4.78 is 5.70. The van der Waals surface area contributed by atoms with E-state index in [1.807, 2.05) is 24.3 Å². The van der Waals surface area contributed by atoms with Gasteiger partial charge >= 0.3 is 5.97 Å². The van der Waals surface area contributed by atoms with E-state index in [0.29, 0.717) is 27.7 Å². The zero-order valence-corrected chi connectivity index (χ0v) is 24.5. The van der Waals surface area contributed by atoms with Crippen molar-refractivity contribution in [3.8, 4) is 5.75 Å². The van der Waals surface area contributed by atoms with Crippen molar-refractivity contribution in [3.63, 3.8) is 0 Å². The maximum absolute atomic E-state index is 14.1. The number of amides is 3. The van der Waals surface area contributed by atoms with Crippen molar-refractivity contribution < 1.29 is 23.9 Å². The van der Waals surface area contributed by atoms with Crippen LogP contribution in [0.5, 0.6) is 5.75 Å². The number of anilines is 2. The smallest absolute Gasteiger partial charge is 0.316 e. The van der Waals surface area contributed by atoms with Crippen molar-refractivity contribution in [1.29, 1.82) is 0 Å². The summed E-state index contributed by atoms with van der Waals surface area (Å²) in [5.74, 6) is -2.73. The predicted molar refractivity (Wildman–Crippen MR) is 165 cm³/mol. The van der Waals surface area contributed by atoms with E-state index in [1.54, 1.807) is 54.3 Å². The van der Waals surface area contributed by atoms with E-state index in [9.17, 15) is 19.2 Å². The van der Waals surface area contributed by atoms with Crippen molar-refractivity contribution in [3.05, 3.63) is 124 Å². The van der Waals surface area contributed by atoms with Crippen LogP contribution < -0.4 is 14.5 Å². The van der Waals surface area contributed by atoms with Crippen molar-refractivity contribution in [2.45, 2.75) is 25.2 Å². The number of rotatable bonds is 4. The van der Waals surface area contributed by atoms with Crippen LogP contribution in [0, 0.1) is 24.7 Å². The highest BCUT2D eigenvalue weighted by molar-refractivity contribution is 6.31. The molecular formula is C36H27ClN2O5. The molecule has 218 valence electrons. The first kappa shape index (κ1) is 26.8. The van der Waals surface area contributed by atoms with Gasteiger partial charge in [-0.2, -0.15) is 0 Å². The lowest BCUT2D eigenvalue weighted by atomic mass is 9.55. The summed E-state index contributed by atoms with van der Waals surface area (Å²) in [5, 5.41) is 0.507. The third-order valence-electron chi connectivity index (χ3n) is 9.65. The van der Waals surface area contributed by atoms with Gasteiger partial charge in [-0.3, -0.25) is 19.2 Å². The monoisotopic (exact) mass is 602 g/mol. The molecule has 0 radical (unpaired) electrons. The highest BCUT2D eigenvalue weighted by Crippen LogP contribution is 2.61. The predicted octanol–water partition coefficient (Wildman–Crippen LogP) is 6.00. The molecule has 2 heterocycles. The average Bonchev–Trinajstić information content (AvgIpc) is 3.54. The molecule has 3 aliphatic carbocycles.